The Balaban J connectivity index is 2.89. The number of nitrogens with two attached hydrogens (primary N) is 1. The number of benzene rings is 1. The minimum absolute atomic E-state index is 0.783. The van der Waals surface area contributed by atoms with E-state index in [2.05, 4.69) is 24.6 Å². The van der Waals surface area contributed by atoms with Crippen LogP contribution in [0.1, 0.15) is 23.6 Å². The van der Waals surface area contributed by atoms with Gasteiger partial charge in [-0.2, -0.15) is 0 Å². The number of aryl methyl sites for hydroxylation is 2. The molecule has 0 aliphatic carbocycles. The van der Waals surface area contributed by atoms with E-state index >= 15 is 0 Å². The fraction of sp³-hybridized carbons (Fsp3) is 0.357. The van der Waals surface area contributed by atoms with Crippen molar-refractivity contribution in [1.82, 2.24) is 0 Å². The average molecular weight is 248 g/mol. The molecule has 0 radical (unpaired) electrons. The summed E-state index contributed by atoms with van der Waals surface area (Å²) in [7, 11) is 0. The standard InChI is InChI=1S/C14H20N2S/c1-9-7-14(15)10(2)6-13(9)8-11(3)16-12(4)17-5/h6-7H,3,8,15H2,1-2,4-5H3. The van der Waals surface area contributed by atoms with E-state index in [1.807, 2.05) is 26.2 Å². The summed E-state index contributed by atoms with van der Waals surface area (Å²) < 4.78 is 0. The van der Waals surface area contributed by atoms with Gasteiger partial charge in [0.1, 0.15) is 0 Å². The van der Waals surface area contributed by atoms with E-state index in [4.69, 9.17) is 5.73 Å². The van der Waals surface area contributed by atoms with Crippen molar-refractivity contribution in [3.63, 3.8) is 0 Å². The third kappa shape index (κ3) is 3.93. The Hall–Kier alpha value is -1.22. The molecule has 0 aliphatic rings. The van der Waals surface area contributed by atoms with Crippen molar-refractivity contribution in [1.29, 1.82) is 0 Å². The van der Waals surface area contributed by atoms with Crippen molar-refractivity contribution in [2.75, 3.05) is 12.0 Å². The first kappa shape index (κ1) is 13.8. The van der Waals surface area contributed by atoms with Gasteiger partial charge in [-0.05, 0) is 49.8 Å². The van der Waals surface area contributed by atoms with Gasteiger partial charge in [0.25, 0.3) is 0 Å². The Morgan fingerprint density at radius 3 is 2.59 bits per heavy atom. The molecule has 0 fully saturated rings. The summed E-state index contributed by atoms with van der Waals surface area (Å²) in [5, 5.41) is 1.04. The van der Waals surface area contributed by atoms with E-state index in [0.717, 1.165) is 28.4 Å². The SMILES string of the molecule is C=C(Cc1cc(C)c(N)cc1C)N=C(C)SC. The van der Waals surface area contributed by atoms with Gasteiger partial charge in [-0.1, -0.05) is 12.6 Å². The van der Waals surface area contributed by atoms with Crippen LogP contribution in [0.15, 0.2) is 29.4 Å². The minimum atomic E-state index is 0.783. The van der Waals surface area contributed by atoms with Gasteiger partial charge in [-0.3, -0.25) is 4.99 Å². The Kier molecular flexibility index (Phi) is 4.82. The number of aliphatic imine (C=N–C) groups is 1. The summed E-state index contributed by atoms with van der Waals surface area (Å²) in [4.78, 5) is 4.44. The van der Waals surface area contributed by atoms with E-state index in [9.17, 15) is 0 Å². The monoisotopic (exact) mass is 248 g/mol. The van der Waals surface area contributed by atoms with Crippen LogP contribution in [0.5, 0.6) is 0 Å². The first-order chi connectivity index (χ1) is 7.93. The summed E-state index contributed by atoms with van der Waals surface area (Å²) in [5.74, 6) is 0. The fourth-order valence-electron chi connectivity index (χ4n) is 1.62. The number of hydrogen-bond acceptors (Lipinski definition) is 3. The number of rotatable bonds is 3. The highest BCUT2D eigenvalue weighted by molar-refractivity contribution is 8.13. The van der Waals surface area contributed by atoms with Crippen LogP contribution < -0.4 is 5.73 Å². The van der Waals surface area contributed by atoms with Gasteiger partial charge < -0.3 is 5.73 Å². The largest absolute Gasteiger partial charge is 0.399 e. The van der Waals surface area contributed by atoms with Crippen molar-refractivity contribution >= 4 is 22.5 Å². The molecule has 3 heteroatoms. The molecule has 0 bridgehead atoms. The molecule has 0 aliphatic heterocycles. The lowest BCUT2D eigenvalue weighted by Gasteiger charge is -2.09. The van der Waals surface area contributed by atoms with Crippen molar-refractivity contribution in [3.05, 3.63) is 41.1 Å². The average Bonchev–Trinajstić information content (AvgIpc) is 2.25. The molecule has 2 N–H and O–H groups in total. The molecule has 0 heterocycles. The molecule has 17 heavy (non-hydrogen) atoms. The summed E-state index contributed by atoms with van der Waals surface area (Å²) in [5.41, 5.74) is 11.2. The van der Waals surface area contributed by atoms with Gasteiger partial charge in [0.15, 0.2) is 0 Å². The predicted molar refractivity (Wildman–Crippen MR) is 79.8 cm³/mol. The van der Waals surface area contributed by atoms with Gasteiger partial charge in [-0.25, -0.2) is 0 Å². The zero-order valence-electron chi connectivity index (χ0n) is 11.0. The van der Waals surface area contributed by atoms with Crippen molar-refractivity contribution in [2.24, 2.45) is 4.99 Å². The van der Waals surface area contributed by atoms with Gasteiger partial charge in [0, 0.05) is 17.8 Å². The van der Waals surface area contributed by atoms with Gasteiger partial charge in [0.05, 0.1) is 5.04 Å². The molecule has 0 saturated carbocycles. The lowest BCUT2D eigenvalue weighted by molar-refractivity contribution is 1.09. The Bertz CT molecular complexity index is 462. The van der Waals surface area contributed by atoms with E-state index in [0.29, 0.717) is 0 Å². The van der Waals surface area contributed by atoms with E-state index in [-0.39, 0.29) is 0 Å². The van der Waals surface area contributed by atoms with Crippen LogP contribution in [-0.2, 0) is 6.42 Å². The van der Waals surface area contributed by atoms with Crippen LogP contribution in [0, 0.1) is 13.8 Å². The molecule has 1 rings (SSSR count). The molecular weight excluding hydrogens is 228 g/mol. The van der Waals surface area contributed by atoms with Crippen LogP contribution in [0.3, 0.4) is 0 Å². The molecule has 92 valence electrons. The molecule has 0 unspecified atom stereocenters. The molecule has 0 spiro atoms. The maximum Gasteiger partial charge on any atom is 0.0700 e. The van der Waals surface area contributed by atoms with Crippen LogP contribution >= 0.6 is 11.8 Å². The maximum atomic E-state index is 5.87. The number of hydrogen-bond donors (Lipinski definition) is 1. The molecule has 2 nitrogen and oxygen atoms in total. The highest BCUT2D eigenvalue weighted by atomic mass is 32.2. The van der Waals surface area contributed by atoms with Crippen LogP contribution in [-0.4, -0.2) is 11.3 Å². The second-order valence-corrected chi connectivity index (χ2v) is 5.21. The first-order valence-electron chi connectivity index (χ1n) is 5.56. The Labute approximate surface area is 108 Å². The molecule has 0 atom stereocenters. The number of allylic oxidation sites excluding steroid dienone is 1. The highest BCUT2D eigenvalue weighted by Gasteiger charge is 2.04. The number of nitrogens with zero attached hydrogens (tertiary/aromatic N) is 1. The lowest BCUT2D eigenvalue weighted by Crippen LogP contribution is -1.97. The van der Waals surface area contributed by atoms with E-state index < -0.39 is 0 Å². The van der Waals surface area contributed by atoms with Crippen LogP contribution in [0.4, 0.5) is 5.69 Å². The number of nitrogen functional groups attached to an aromatic ring is 1. The zero-order valence-corrected chi connectivity index (χ0v) is 11.8. The molecule has 1 aromatic rings. The van der Waals surface area contributed by atoms with E-state index in [1.165, 1.54) is 11.1 Å². The quantitative estimate of drug-likeness (QED) is 0.503. The van der Waals surface area contributed by atoms with Crippen molar-refractivity contribution in [2.45, 2.75) is 27.2 Å². The third-order valence-corrected chi connectivity index (χ3v) is 3.41. The normalized spacial score (nSPS) is 11.6. The maximum absolute atomic E-state index is 5.87. The topological polar surface area (TPSA) is 38.4 Å². The third-order valence-electron chi connectivity index (χ3n) is 2.73. The molecular formula is C14H20N2S. The smallest absolute Gasteiger partial charge is 0.0700 e. The Morgan fingerprint density at radius 1 is 1.35 bits per heavy atom. The molecule has 0 saturated heterocycles. The highest BCUT2D eigenvalue weighted by Crippen LogP contribution is 2.20. The van der Waals surface area contributed by atoms with Crippen LogP contribution in [0.25, 0.3) is 0 Å². The second kappa shape index (κ2) is 5.92. The Morgan fingerprint density at radius 2 is 2.00 bits per heavy atom. The van der Waals surface area contributed by atoms with Gasteiger partial charge >= 0.3 is 0 Å². The van der Waals surface area contributed by atoms with E-state index in [1.54, 1.807) is 11.8 Å². The lowest BCUT2D eigenvalue weighted by atomic mass is 10.0. The predicted octanol–water partition coefficient (Wildman–Crippen LogP) is 3.72. The fourth-order valence-corrected chi connectivity index (χ4v) is 1.84. The number of anilines is 1. The van der Waals surface area contributed by atoms with Crippen LogP contribution in [0.2, 0.25) is 0 Å². The summed E-state index contributed by atoms with van der Waals surface area (Å²) in [6.07, 6.45) is 2.80. The summed E-state index contributed by atoms with van der Waals surface area (Å²) in [6.45, 7) is 10.1. The van der Waals surface area contributed by atoms with Gasteiger partial charge in [-0.15, -0.1) is 11.8 Å². The minimum Gasteiger partial charge on any atom is -0.399 e. The molecule has 1 aromatic carbocycles. The summed E-state index contributed by atoms with van der Waals surface area (Å²) in [6, 6.07) is 4.14. The van der Waals surface area contributed by atoms with Crippen molar-refractivity contribution < 1.29 is 0 Å². The summed E-state index contributed by atoms with van der Waals surface area (Å²) >= 11 is 1.64. The van der Waals surface area contributed by atoms with Crippen molar-refractivity contribution in [3.8, 4) is 0 Å². The number of thioether (sulfide) groups is 1. The molecule has 0 amide bonds. The first-order valence-corrected chi connectivity index (χ1v) is 6.79. The molecule has 0 aromatic heterocycles. The van der Waals surface area contributed by atoms with Gasteiger partial charge in [0.2, 0.25) is 0 Å². The zero-order chi connectivity index (χ0) is 13.0. The second-order valence-electron chi connectivity index (χ2n) is 4.21.